The van der Waals surface area contributed by atoms with Gasteiger partial charge in [0.05, 0.1) is 0 Å². The Morgan fingerprint density at radius 2 is 1.91 bits per heavy atom. The molecule has 1 aromatic carbocycles. The first-order valence-electron chi connectivity index (χ1n) is 13.9. The first-order valence-corrected chi connectivity index (χ1v) is 13.9. The first-order chi connectivity index (χ1) is 16.8. The molecule has 0 radical (unpaired) electrons. The van der Waals surface area contributed by atoms with E-state index in [1.807, 2.05) is 12.1 Å². The number of hydrogen-bond donors (Lipinski definition) is 2. The van der Waals surface area contributed by atoms with Crippen LogP contribution in [0.4, 0.5) is 5.69 Å². The van der Waals surface area contributed by atoms with Crippen molar-refractivity contribution in [1.29, 1.82) is 0 Å². The highest BCUT2D eigenvalue weighted by atomic mass is 16.4. The van der Waals surface area contributed by atoms with Gasteiger partial charge in [0, 0.05) is 35.5 Å². The van der Waals surface area contributed by atoms with Gasteiger partial charge in [-0.1, -0.05) is 13.8 Å². The van der Waals surface area contributed by atoms with Crippen LogP contribution in [0.15, 0.2) is 27.4 Å². The van der Waals surface area contributed by atoms with Crippen molar-refractivity contribution in [3.8, 4) is 0 Å². The Hall–Kier alpha value is -2.14. The fourth-order valence-corrected chi connectivity index (χ4v) is 8.30. The van der Waals surface area contributed by atoms with E-state index in [1.165, 1.54) is 19.3 Å². The highest BCUT2D eigenvalue weighted by Crippen LogP contribution is 2.60. The van der Waals surface area contributed by atoms with Crippen molar-refractivity contribution in [2.24, 2.45) is 34.8 Å². The summed E-state index contributed by atoms with van der Waals surface area (Å²) in [6, 6.07) is 5.62. The molecule has 3 fully saturated rings. The summed E-state index contributed by atoms with van der Waals surface area (Å²) >= 11 is 0. The normalized spacial score (nSPS) is 33.9. The van der Waals surface area contributed by atoms with Crippen LogP contribution in [-0.2, 0) is 11.2 Å². The summed E-state index contributed by atoms with van der Waals surface area (Å²) in [6.07, 6.45) is 11.2. The number of carbonyl (C=O) groups excluding carboxylic acids is 1. The largest absolute Gasteiger partial charge is 0.422 e. The maximum Gasteiger partial charge on any atom is 0.340 e. The van der Waals surface area contributed by atoms with E-state index < -0.39 is 0 Å². The fourth-order valence-electron chi connectivity index (χ4n) is 8.30. The lowest BCUT2D eigenvalue weighted by Crippen LogP contribution is -2.48. The highest BCUT2D eigenvalue weighted by molar-refractivity contribution is 5.84. The third-order valence-electron chi connectivity index (χ3n) is 10.2. The van der Waals surface area contributed by atoms with Crippen LogP contribution in [0, 0.1) is 29.1 Å². The number of nitrogens with two attached hydrogens (primary N) is 2. The highest BCUT2D eigenvalue weighted by Gasteiger charge is 2.51. The summed E-state index contributed by atoms with van der Waals surface area (Å²) in [5.74, 6) is 3.32. The van der Waals surface area contributed by atoms with Crippen LogP contribution in [-0.4, -0.2) is 12.3 Å². The summed E-state index contributed by atoms with van der Waals surface area (Å²) in [5, 5.41) is 0.978. The zero-order valence-electron chi connectivity index (χ0n) is 21.5. The number of benzene rings is 1. The average molecular weight is 479 g/mol. The van der Waals surface area contributed by atoms with Crippen LogP contribution in [0.1, 0.15) is 95.1 Å². The van der Waals surface area contributed by atoms with Crippen molar-refractivity contribution in [3.63, 3.8) is 0 Å². The zero-order chi connectivity index (χ0) is 24.7. The van der Waals surface area contributed by atoms with E-state index in [0.29, 0.717) is 53.2 Å². The lowest BCUT2D eigenvalue weighted by atomic mass is 9.48. The Kier molecular flexibility index (Phi) is 6.82. The SMILES string of the molecule is CC1CCC(=O)CCCC2[C@H]1CCC1CC(c3c(CCN)c4ccc(N)cc4oc3=O)CC[C@@]12C. The van der Waals surface area contributed by atoms with Crippen molar-refractivity contribution in [2.75, 3.05) is 12.3 Å². The Bertz CT molecular complexity index is 1150. The zero-order valence-corrected chi connectivity index (χ0v) is 21.5. The quantitative estimate of drug-likeness (QED) is 0.419. The molecular formula is C30H42N2O3. The summed E-state index contributed by atoms with van der Waals surface area (Å²) in [6.45, 7) is 5.42. The van der Waals surface area contributed by atoms with E-state index in [-0.39, 0.29) is 11.5 Å². The van der Waals surface area contributed by atoms with E-state index in [0.717, 1.165) is 67.4 Å². The van der Waals surface area contributed by atoms with E-state index >= 15 is 0 Å². The molecule has 4 N–H and O–H groups in total. The summed E-state index contributed by atoms with van der Waals surface area (Å²) in [5.41, 5.74) is 15.2. The molecule has 5 nitrogen and oxygen atoms in total. The van der Waals surface area contributed by atoms with Gasteiger partial charge in [-0.3, -0.25) is 4.79 Å². The fraction of sp³-hybridized carbons (Fsp3) is 0.667. The molecule has 190 valence electrons. The average Bonchev–Trinajstić information content (AvgIpc) is 2.89. The monoisotopic (exact) mass is 478 g/mol. The maximum atomic E-state index is 13.3. The maximum absolute atomic E-state index is 13.3. The second-order valence-corrected chi connectivity index (χ2v) is 12.0. The summed E-state index contributed by atoms with van der Waals surface area (Å²) in [7, 11) is 0. The first kappa shape index (κ1) is 24.5. The topological polar surface area (TPSA) is 99.3 Å². The van der Waals surface area contributed by atoms with Crippen molar-refractivity contribution < 1.29 is 9.21 Å². The number of carbonyl (C=O) groups is 1. The molecule has 1 aromatic heterocycles. The Morgan fingerprint density at radius 1 is 1.09 bits per heavy atom. The van der Waals surface area contributed by atoms with E-state index in [4.69, 9.17) is 15.9 Å². The molecule has 3 aliphatic carbocycles. The number of anilines is 1. The van der Waals surface area contributed by atoms with Crippen LogP contribution in [0.25, 0.3) is 11.0 Å². The van der Waals surface area contributed by atoms with Gasteiger partial charge >= 0.3 is 5.63 Å². The number of Topliss-reactive ketones (excluding diaryl/α,β-unsaturated/α-hetero) is 1. The Morgan fingerprint density at radius 3 is 2.71 bits per heavy atom. The van der Waals surface area contributed by atoms with E-state index in [1.54, 1.807) is 6.07 Å². The molecule has 3 saturated carbocycles. The molecule has 6 atom stereocenters. The third kappa shape index (κ3) is 4.45. The van der Waals surface area contributed by atoms with E-state index in [2.05, 4.69) is 13.8 Å². The van der Waals surface area contributed by atoms with Gasteiger partial charge in [-0.2, -0.15) is 0 Å². The molecule has 2 aromatic rings. The second kappa shape index (κ2) is 9.72. The lowest BCUT2D eigenvalue weighted by Gasteiger charge is -2.56. The number of ketones is 1. The van der Waals surface area contributed by atoms with Crippen LogP contribution >= 0.6 is 0 Å². The standard InChI is InChI=1S/C30H42N2O3/c1-18-6-9-22(33)4-3-5-26-23(18)10-7-20-16-19(12-14-30(20,26)2)28-25(13-15-31)24-11-8-21(32)17-27(24)35-29(28)34/h8,11,17-20,23,26H,3-7,9-10,12-16,31-32H2,1-2H3/t18?,19?,20?,23-,26?,30-/m0/s1. The van der Waals surface area contributed by atoms with Gasteiger partial charge < -0.3 is 15.9 Å². The number of hydrogen-bond acceptors (Lipinski definition) is 5. The third-order valence-corrected chi connectivity index (χ3v) is 10.2. The molecule has 35 heavy (non-hydrogen) atoms. The minimum Gasteiger partial charge on any atom is -0.422 e. The van der Waals surface area contributed by atoms with Crippen LogP contribution < -0.4 is 17.1 Å². The molecule has 0 aliphatic heterocycles. The molecule has 1 heterocycles. The molecule has 0 amide bonds. The molecule has 0 bridgehead atoms. The van der Waals surface area contributed by atoms with Crippen LogP contribution in [0.3, 0.4) is 0 Å². The van der Waals surface area contributed by atoms with Gasteiger partial charge in [0.1, 0.15) is 11.4 Å². The van der Waals surface area contributed by atoms with Crippen molar-refractivity contribution in [2.45, 2.75) is 90.4 Å². The molecule has 5 rings (SSSR count). The predicted octanol–water partition coefficient (Wildman–Crippen LogP) is 5.96. The molecule has 4 unspecified atom stereocenters. The van der Waals surface area contributed by atoms with Crippen molar-refractivity contribution in [3.05, 3.63) is 39.7 Å². The molecule has 3 aliphatic rings. The Balaban J connectivity index is 1.47. The predicted molar refractivity (Wildman–Crippen MR) is 141 cm³/mol. The number of nitrogen functional groups attached to an aromatic ring is 1. The van der Waals surface area contributed by atoms with Gasteiger partial charge in [0.2, 0.25) is 0 Å². The van der Waals surface area contributed by atoms with Crippen molar-refractivity contribution in [1.82, 2.24) is 0 Å². The minimum atomic E-state index is -0.205. The summed E-state index contributed by atoms with van der Waals surface area (Å²) < 4.78 is 5.82. The lowest BCUT2D eigenvalue weighted by molar-refractivity contribution is -0.119. The van der Waals surface area contributed by atoms with Crippen LogP contribution in [0.2, 0.25) is 0 Å². The van der Waals surface area contributed by atoms with Gasteiger partial charge in [0.15, 0.2) is 0 Å². The molecule has 5 heteroatoms. The van der Waals surface area contributed by atoms with Gasteiger partial charge in [0.25, 0.3) is 0 Å². The van der Waals surface area contributed by atoms with Crippen molar-refractivity contribution >= 4 is 22.4 Å². The molecular weight excluding hydrogens is 436 g/mol. The van der Waals surface area contributed by atoms with E-state index in [9.17, 15) is 9.59 Å². The number of fused-ring (bicyclic) bond motifs is 4. The molecule has 0 spiro atoms. The second-order valence-electron chi connectivity index (χ2n) is 12.0. The van der Waals surface area contributed by atoms with Crippen LogP contribution in [0.5, 0.6) is 0 Å². The minimum absolute atomic E-state index is 0.205. The Labute approximate surface area is 209 Å². The number of rotatable bonds is 3. The summed E-state index contributed by atoms with van der Waals surface area (Å²) in [4.78, 5) is 25.6. The van der Waals surface area contributed by atoms with Gasteiger partial charge in [-0.15, -0.1) is 0 Å². The van der Waals surface area contributed by atoms with Gasteiger partial charge in [-0.05, 0) is 117 Å². The van der Waals surface area contributed by atoms with Gasteiger partial charge in [-0.25, -0.2) is 4.79 Å². The molecule has 0 saturated heterocycles. The smallest absolute Gasteiger partial charge is 0.340 e.